The van der Waals surface area contributed by atoms with Crippen LogP contribution in [0.2, 0.25) is 6.04 Å². The van der Waals surface area contributed by atoms with Crippen molar-refractivity contribution in [3.8, 4) is 0 Å². The first kappa shape index (κ1) is 10.2. The molecule has 1 fully saturated rings. The third kappa shape index (κ3) is 4.23. The summed E-state index contributed by atoms with van der Waals surface area (Å²) in [6.07, 6.45) is 3.80. The van der Waals surface area contributed by atoms with Crippen LogP contribution >= 0.6 is 0 Å². The molecule has 3 heteroatoms. The van der Waals surface area contributed by atoms with Crippen molar-refractivity contribution >= 4 is 9.04 Å². The van der Waals surface area contributed by atoms with Gasteiger partial charge in [-0.15, -0.1) is 0 Å². The lowest BCUT2D eigenvalue weighted by Crippen LogP contribution is -2.37. The Bertz CT molecular complexity index is 113. The molecule has 0 aromatic rings. The number of rotatable bonds is 4. The molecule has 1 heterocycles. The van der Waals surface area contributed by atoms with Crippen molar-refractivity contribution in [3.05, 3.63) is 0 Å². The summed E-state index contributed by atoms with van der Waals surface area (Å²) in [5.41, 5.74) is 0. The average molecular weight is 186 g/mol. The Morgan fingerprint density at radius 3 is 2.83 bits per heavy atom. The van der Waals surface area contributed by atoms with Gasteiger partial charge in [0, 0.05) is 12.8 Å². The van der Waals surface area contributed by atoms with Crippen LogP contribution in [0.4, 0.5) is 0 Å². The molecule has 1 saturated heterocycles. The lowest BCUT2D eigenvalue weighted by atomic mass is 10.2. The molecule has 0 atom stereocenters. The van der Waals surface area contributed by atoms with E-state index in [0.29, 0.717) is 0 Å². The van der Waals surface area contributed by atoms with Gasteiger partial charge >= 0.3 is 0 Å². The molecule has 1 N–H and O–H groups in total. The maximum absolute atomic E-state index is 5.70. The second kappa shape index (κ2) is 5.73. The highest BCUT2D eigenvalue weighted by atomic mass is 28.3. The van der Waals surface area contributed by atoms with Crippen LogP contribution in [0.15, 0.2) is 0 Å². The van der Waals surface area contributed by atoms with E-state index in [1.54, 1.807) is 0 Å². The van der Waals surface area contributed by atoms with Crippen LogP contribution in [0.3, 0.4) is 0 Å². The van der Waals surface area contributed by atoms with Gasteiger partial charge in [0.1, 0.15) is 0 Å². The fraction of sp³-hybridized carbons (Fsp3) is 1.00. The predicted octanol–water partition coefficient (Wildman–Crippen LogP) is 1.57. The maximum Gasteiger partial charge on any atom is 0.225 e. The molecule has 0 aliphatic carbocycles. The molecule has 0 unspecified atom stereocenters. The molecule has 1 rings (SSSR count). The van der Waals surface area contributed by atoms with E-state index in [2.05, 4.69) is 19.2 Å². The third-order valence-electron chi connectivity index (χ3n) is 2.03. The minimum atomic E-state index is -0.455. The molecule has 0 spiro atoms. The highest BCUT2D eigenvalue weighted by Crippen LogP contribution is 2.09. The van der Waals surface area contributed by atoms with Crippen LogP contribution in [-0.4, -0.2) is 28.4 Å². The van der Waals surface area contributed by atoms with E-state index in [-0.39, 0.29) is 0 Å². The van der Waals surface area contributed by atoms with E-state index in [9.17, 15) is 0 Å². The van der Waals surface area contributed by atoms with Crippen molar-refractivity contribution in [2.45, 2.75) is 32.7 Å². The van der Waals surface area contributed by atoms with Gasteiger partial charge in [-0.05, 0) is 24.9 Å². The lowest BCUT2D eigenvalue weighted by Gasteiger charge is -2.20. The summed E-state index contributed by atoms with van der Waals surface area (Å²) < 4.78 is 5.70. The smallest absolute Gasteiger partial charge is 0.225 e. The quantitative estimate of drug-likeness (QED) is 0.673. The number of hydrogen-bond donors (Lipinski definition) is 1. The molecular weight excluding hydrogens is 166 g/mol. The topological polar surface area (TPSA) is 21.3 Å². The summed E-state index contributed by atoms with van der Waals surface area (Å²) in [7, 11) is -0.455. The van der Waals surface area contributed by atoms with E-state index in [1.165, 1.54) is 18.9 Å². The van der Waals surface area contributed by atoms with E-state index >= 15 is 0 Å². The third-order valence-corrected chi connectivity index (χ3v) is 4.20. The molecule has 1 radical (unpaired) electrons. The summed E-state index contributed by atoms with van der Waals surface area (Å²) in [6, 6.07) is 1.34. The zero-order chi connectivity index (χ0) is 8.81. The first-order valence-corrected chi connectivity index (χ1v) is 6.79. The second-order valence-corrected chi connectivity index (χ2v) is 6.09. The number of hydrogen-bond acceptors (Lipinski definition) is 2. The summed E-state index contributed by atoms with van der Waals surface area (Å²) in [4.78, 5) is 0. The van der Waals surface area contributed by atoms with Crippen molar-refractivity contribution in [2.75, 3.05) is 19.3 Å². The summed E-state index contributed by atoms with van der Waals surface area (Å²) in [5.74, 6) is 0.760. The molecule has 71 valence electrons. The van der Waals surface area contributed by atoms with Crippen LogP contribution in [0.25, 0.3) is 0 Å². The molecule has 1 aliphatic heterocycles. The SMILES string of the molecule is CC(C)CNC[Si]1CCCCO1. The van der Waals surface area contributed by atoms with Crippen LogP contribution in [0, 0.1) is 5.92 Å². The van der Waals surface area contributed by atoms with Gasteiger partial charge < -0.3 is 9.74 Å². The van der Waals surface area contributed by atoms with Crippen molar-refractivity contribution < 1.29 is 4.43 Å². The molecular formula is C9H20NOSi. The molecule has 0 aromatic carbocycles. The Kier molecular flexibility index (Phi) is 4.88. The molecule has 2 nitrogen and oxygen atoms in total. The fourth-order valence-electron chi connectivity index (χ4n) is 1.35. The Balaban J connectivity index is 1.98. The molecule has 1 aliphatic rings. The number of nitrogens with one attached hydrogen (secondary N) is 1. The molecule has 0 bridgehead atoms. The Labute approximate surface area is 77.4 Å². The van der Waals surface area contributed by atoms with Crippen molar-refractivity contribution in [1.82, 2.24) is 5.32 Å². The zero-order valence-corrected chi connectivity index (χ0v) is 9.23. The highest BCUT2D eigenvalue weighted by molar-refractivity contribution is 6.52. The van der Waals surface area contributed by atoms with Crippen molar-refractivity contribution in [1.29, 1.82) is 0 Å². The van der Waals surface area contributed by atoms with E-state index in [0.717, 1.165) is 25.2 Å². The van der Waals surface area contributed by atoms with Crippen LogP contribution < -0.4 is 5.32 Å². The van der Waals surface area contributed by atoms with Gasteiger partial charge in [0.25, 0.3) is 0 Å². The second-order valence-electron chi connectivity index (χ2n) is 3.87. The Hall–Kier alpha value is 0.137. The van der Waals surface area contributed by atoms with Gasteiger partial charge in [0.2, 0.25) is 9.04 Å². The lowest BCUT2D eigenvalue weighted by molar-refractivity contribution is 0.284. The molecule has 12 heavy (non-hydrogen) atoms. The standard InChI is InChI=1S/C9H20NOSi/c1-9(2)7-10-8-12-6-4-3-5-11-12/h9-10H,3-8H2,1-2H3. The maximum atomic E-state index is 5.70. The highest BCUT2D eigenvalue weighted by Gasteiger charge is 2.16. The minimum Gasteiger partial charge on any atom is -0.415 e. The van der Waals surface area contributed by atoms with Gasteiger partial charge in [-0.2, -0.15) is 0 Å². The van der Waals surface area contributed by atoms with Gasteiger partial charge in [-0.1, -0.05) is 20.3 Å². The van der Waals surface area contributed by atoms with E-state index in [1.807, 2.05) is 0 Å². The van der Waals surface area contributed by atoms with Crippen LogP contribution in [0.1, 0.15) is 26.7 Å². The average Bonchev–Trinajstić information content (AvgIpc) is 2.05. The summed E-state index contributed by atoms with van der Waals surface area (Å²) >= 11 is 0. The minimum absolute atomic E-state index is 0.455. The van der Waals surface area contributed by atoms with Gasteiger partial charge in [0.15, 0.2) is 0 Å². The largest absolute Gasteiger partial charge is 0.415 e. The van der Waals surface area contributed by atoms with Gasteiger partial charge in [0.05, 0.1) is 0 Å². The first-order chi connectivity index (χ1) is 5.79. The van der Waals surface area contributed by atoms with E-state index in [4.69, 9.17) is 4.43 Å². The van der Waals surface area contributed by atoms with Crippen molar-refractivity contribution in [3.63, 3.8) is 0 Å². The molecule has 0 saturated carbocycles. The molecule has 0 aromatic heterocycles. The zero-order valence-electron chi connectivity index (χ0n) is 8.23. The summed E-state index contributed by atoms with van der Waals surface area (Å²) in [6.45, 7) is 6.63. The molecule has 0 amide bonds. The normalized spacial score (nSPS) is 20.2. The van der Waals surface area contributed by atoms with Crippen LogP contribution in [-0.2, 0) is 4.43 Å². The van der Waals surface area contributed by atoms with Crippen molar-refractivity contribution in [2.24, 2.45) is 5.92 Å². The van der Waals surface area contributed by atoms with E-state index < -0.39 is 9.04 Å². The Morgan fingerprint density at radius 2 is 2.25 bits per heavy atom. The summed E-state index contributed by atoms with van der Waals surface area (Å²) in [5, 5.41) is 3.47. The van der Waals surface area contributed by atoms with Gasteiger partial charge in [-0.25, -0.2) is 0 Å². The monoisotopic (exact) mass is 186 g/mol. The Morgan fingerprint density at radius 1 is 1.42 bits per heavy atom. The fourth-order valence-corrected chi connectivity index (χ4v) is 3.28. The first-order valence-electron chi connectivity index (χ1n) is 4.97. The van der Waals surface area contributed by atoms with Crippen LogP contribution in [0.5, 0.6) is 0 Å². The predicted molar refractivity (Wildman–Crippen MR) is 53.5 cm³/mol. The van der Waals surface area contributed by atoms with Gasteiger partial charge in [-0.3, -0.25) is 0 Å².